The van der Waals surface area contributed by atoms with Crippen molar-refractivity contribution in [3.05, 3.63) is 64.2 Å². The largest absolute Gasteiger partial charge is 0.481 e. The van der Waals surface area contributed by atoms with Crippen LogP contribution in [0.3, 0.4) is 0 Å². The standard InChI is InChI=1S/C20H24ClNO3/c1-14-11-18(12-15(2)19(14)21)25-16(3)20(23)22-9-10-24-13-17-7-5-4-6-8-17/h4-8,11-12,16H,9-10,13H2,1-3H3,(H,22,23). The normalized spacial score (nSPS) is 11.8. The molecule has 0 heterocycles. The van der Waals surface area contributed by atoms with Gasteiger partial charge in [0.1, 0.15) is 5.75 Å². The molecule has 25 heavy (non-hydrogen) atoms. The van der Waals surface area contributed by atoms with Crippen molar-refractivity contribution in [2.75, 3.05) is 13.2 Å². The molecule has 1 N–H and O–H groups in total. The fraction of sp³-hybridized carbons (Fsp3) is 0.350. The molecule has 134 valence electrons. The summed E-state index contributed by atoms with van der Waals surface area (Å²) in [5.74, 6) is 0.468. The number of rotatable bonds is 8. The number of halogens is 1. The maximum absolute atomic E-state index is 12.1. The van der Waals surface area contributed by atoms with Gasteiger partial charge in [-0.15, -0.1) is 0 Å². The topological polar surface area (TPSA) is 47.6 Å². The second-order valence-corrected chi connectivity index (χ2v) is 6.34. The van der Waals surface area contributed by atoms with Crippen LogP contribution in [0.2, 0.25) is 5.02 Å². The van der Waals surface area contributed by atoms with Crippen LogP contribution in [0.15, 0.2) is 42.5 Å². The fourth-order valence-corrected chi connectivity index (χ4v) is 2.50. The lowest BCUT2D eigenvalue weighted by Crippen LogP contribution is -2.38. The summed E-state index contributed by atoms with van der Waals surface area (Å²) in [6, 6.07) is 13.6. The fourth-order valence-electron chi connectivity index (χ4n) is 2.39. The molecule has 0 spiro atoms. The number of amides is 1. The highest BCUT2D eigenvalue weighted by Crippen LogP contribution is 2.26. The molecule has 0 saturated heterocycles. The van der Waals surface area contributed by atoms with Gasteiger partial charge in [-0.3, -0.25) is 4.79 Å². The smallest absolute Gasteiger partial charge is 0.260 e. The minimum atomic E-state index is -0.589. The quantitative estimate of drug-likeness (QED) is 0.721. The van der Waals surface area contributed by atoms with Crippen LogP contribution in [0.5, 0.6) is 5.75 Å². The minimum absolute atomic E-state index is 0.173. The van der Waals surface area contributed by atoms with Gasteiger partial charge < -0.3 is 14.8 Å². The van der Waals surface area contributed by atoms with Gasteiger partial charge in [0.15, 0.2) is 6.10 Å². The number of carbonyl (C=O) groups is 1. The molecular weight excluding hydrogens is 338 g/mol. The average Bonchev–Trinajstić information content (AvgIpc) is 2.60. The van der Waals surface area contributed by atoms with E-state index in [-0.39, 0.29) is 5.91 Å². The molecule has 0 aliphatic rings. The highest BCUT2D eigenvalue weighted by molar-refractivity contribution is 6.32. The van der Waals surface area contributed by atoms with Gasteiger partial charge in [-0.25, -0.2) is 0 Å². The first-order chi connectivity index (χ1) is 12.0. The second-order valence-electron chi connectivity index (χ2n) is 5.96. The summed E-state index contributed by atoms with van der Waals surface area (Å²) in [4.78, 5) is 12.1. The van der Waals surface area contributed by atoms with E-state index in [0.29, 0.717) is 25.5 Å². The van der Waals surface area contributed by atoms with Crippen LogP contribution in [0.4, 0.5) is 0 Å². The maximum atomic E-state index is 12.1. The van der Waals surface area contributed by atoms with Crippen LogP contribution in [0.25, 0.3) is 0 Å². The zero-order chi connectivity index (χ0) is 18.2. The third kappa shape index (κ3) is 6.07. The molecule has 2 aromatic carbocycles. The van der Waals surface area contributed by atoms with Gasteiger partial charge in [-0.1, -0.05) is 41.9 Å². The van der Waals surface area contributed by atoms with Gasteiger partial charge in [-0.05, 0) is 49.6 Å². The van der Waals surface area contributed by atoms with Crippen LogP contribution in [-0.4, -0.2) is 25.2 Å². The third-order valence-corrected chi connectivity index (χ3v) is 4.35. The van der Waals surface area contributed by atoms with Crippen LogP contribution < -0.4 is 10.1 Å². The van der Waals surface area contributed by atoms with E-state index >= 15 is 0 Å². The van der Waals surface area contributed by atoms with E-state index in [2.05, 4.69) is 5.32 Å². The molecule has 1 amide bonds. The van der Waals surface area contributed by atoms with Crippen molar-refractivity contribution in [2.24, 2.45) is 0 Å². The molecule has 1 atom stereocenters. The molecule has 0 aliphatic carbocycles. The summed E-state index contributed by atoms with van der Waals surface area (Å²) < 4.78 is 11.3. The first kappa shape index (κ1) is 19.3. The van der Waals surface area contributed by atoms with E-state index in [1.165, 1.54) is 0 Å². The highest BCUT2D eigenvalue weighted by Gasteiger charge is 2.15. The lowest BCUT2D eigenvalue weighted by atomic mass is 10.1. The number of benzene rings is 2. The van der Waals surface area contributed by atoms with Crippen molar-refractivity contribution in [1.29, 1.82) is 0 Å². The Bertz CT molecular complexity index is 680. The van der Waals surface area contributed by atoms with Crippen molar-refractivity contribution in [3.8, 4) is 5.75 Å². The van der Waals surface area contributed by atoms with E-state index in [1.807, 2.05) is 56.3 Å². The Balaban J connectivity index is 1.71. The van der Waals surface area contributed by atoms with Gasteiger partial charge in [0.05, 0.1) is 13.2 Å². The number of ether oxygens (including phenoxy) is 2. The Morgan fingerprint density at radius 1 is 1.16 bits per heavy atom. The van der Waals surface area contributed by atoms with E-state index in [9.17, 15) is 4.79 Å². The van der Waals surface area contributed by atoms with E-state index in [0.717, 1.165) is 21.7 Å². The van der Waals surface area contributed by atoms with Crippen molar-refractivity contribution in [2.45, 2.75) is 33.5 Å². The number of aryl methyl sites for hydroxylation is 2. The molecule has 0 fully saturated rings. The first-order valence-corrected chi connectivity index (χ1v) is 8.68. The summed E-state index contributed by atoms with van der Waals surface area (Å²) in [6.07, 6.45) is -0.589. The van der Waals surface area contributed by atoms with Crippen LogP contribution in [0.1, 0.15) is 23.6 Å². The Hall–Kier alpha value is -2.04. The monoisotopic (exact) mass is 361 g/mol. The number of hydrogen-bond donors (Lipinski definition) is 1. The number of nitrogens with one attached hydrogen (secondary N) is 1. The van der Waals surface area contributed by atoms with E-state index in [1.54, 1.807) is 6.92 Å². The molecule has 0 bridgehead atoms. The summed E-state index contributed by atoms with van der Waals surface area (Å²) in [6.45, 7) is 6.98. The Morgan fingerprint density at radius 3 is 2.44 bits per heavy atom. The Morgan fingerprint density at radius 2 is 1.80 bits per heavy atom. The van der Waals surface area contributed by atoms with E-state index in [4.69, 9.17) is 21.1 Å². The molecule has 1 unspecified atom stereocenters. The van der Waals surface area contributed by atoms with Crippen LogP contribution in [0, 0.1) is 13.8 Å². The zero-order valence-corrected chi connectivity index (χ0v) is 15.6. The molecule has 5 heteroatoms. The first-order valence-electron chi connectivity index (χ1n) is 8.30. The average molecular weight is 362 g/mol. The molecule has 0 saturated carbocycles. The zero-order valence-electron chi connectivity index (χ0n) is 14.8. The van der Waals surface area contributed by atoms with Gasteiger partial charge in [0, 0.05) is 11.6 Å². The van der Waals surface area contributed by atoms with Crippen LogP contribution >= 0.6 is 11.6 Å². The summed E-state index contributed by atoms with van der Waals surface area (Å²) in [5.41, 5.74) is 2.97. The molecule has 2 aromatic rings. The summed E-state index contributed by atoms with van der Waals surface area (Å²) >= 11 is 6.14. The Labute approximate surface area is 154 Å². The van der Waals surface area contributed by atoms with Gasteiger partial charge >= 0.3 is 0 Å². The second kappa shape index (κ2) is 9.44. The highest BCUT2D eigenvalue weighted by atomic mass is 35.5. The van der Waals surface area contributed by atoms with E-state index < -0.39 is 6.10 Å². The minimum Gasteiger partial charge on any atom is -0.481 e. The number of hydrogen-bond acceptors (Lipinski definition) is 3. The molecule has 2 rings (SSSR count). The summed E-state index contributed by atoms with van der Waals surface area (Å²) in [7, 11) is 0. The predicted octanol–water partition coefficient (Wildman–Crippen LogP) is 4.06. The molecule has 4 nitrogen and oxygen atoms in total. The lowest BCUT2D eigenvalue weighted by Gasteiger charge is -2.16. The van der Waals surface area contributed by atoms with Crippen molar-refractivity contribution in [1.82, 2.24) is 5.32 Å². The van der Waals surface area contributed by atoms with Gasteiger partial charge in [0.25, 0.3) is 5.91 Å². The SMILES string of the molecule is Cc1cc(OC(C)C(=O)NCCOCc2ccccc2)cc(C)c1Cl. The maximum Gasteiger partial charge on any atom is 0.260 e. The van der Waals surface area contributed by atoms with Crippen molar-refractivity contribution < 1.29 is 14.3 Å². The van der Waals surface area contributed by atoms with Crippen molar-refractivity contribution in [3.63, 3.8) is 0 Å². The Kier molecular flexibility index (Phi) is 7.29. The molecule has 0 aliphatic heterocycles. The van der Waals surface area contributed by atoms with Gasteiger partial charge in [0.2, 0.25) is 0 Å². The molecular formula is C20H24ClNO3. The van der Waals surface area contributed by atoms with Crippen LogP contribution in [-0.2, 0) is 16.1 Å². The third-order valence-electron chi connectivity index (χ3n) is 3.75. The number of carbonyl (C=O) groups excluding carboxylic acids is 1. The lowest BCUT2D eigenvalue weighted by molar-refractivity contribution is -0.127. The molecule has 0 aromatic heterocycles. The molecule has 0 radical (unpaired) electrons. The van der Waals surface area contributed by atoms with Gasteiger partial charge in [-0.2, -0.15) is 0 Å². The predicted molar refractivity (Wildman–Crippen MR) is 100 cm³/mol. The summed E-state index contributed by atoms with van der Waals surface area (Å²) in [5, 5.41) is 3.54. The van der Waals surface area contributed by atoms with Crippen molar-refractivity contribution >= 4 is 17.5 Å².